The minimum Gasteiger partial charge on any atom is -0.484 e. The van der Waals surface area contributed by atoms with Gasteiger partial charge in [-0.25, -0.2) is 13.2 Å². The van der Waals surface area contributed by atoms with Crippen LogP contribution in [0.5, 0.6) is 5.75 Å². The lowest BCUT2D eigenvalue weighted by atomic mass is 9.96. The number of rotatable bonds is 8. The zero-order chi connectivity index (χ0) is 17.7. The van der Waals surface area contributed by atoms with Gasteiger partial charge in [0.15, 0.2) is 16.4 Å². The molecule has 1 atom stereocenters. The van der Waals surface area contributed by atoms with Crippen LogP contribution in [0.4, 0.5) is 0 Å². The largest absolute Gasteiger partial charge is 0.484 e. The Kier molecular flexibility index (Phi) is 6.14. The van der Waals surface area contributed by atoms with E-state index >= 15 is 0 Å². The molecule has 1 unspecified atom stereocenters. The Labute approximate surface area is 135 Å². The maximum atomic E-state index is 11.9. The highest BCUT2D eigenvalue weighted by atomic mass is 32.2. The highest BCUT2D eigenvalue weighted by Crippen LogP contribution is 2.17. The lowest BCUT2D eigenvalue weighted by Gasteiger charge is -2.25. The second-order valence-electron chi connectivity index (χ2n) is 5.47. The molecule has 0 aromatic heterocycles. The summed E-state index contributed by atoms with van der Waals surface area (Å²) in [6.45, 7) is 2.85. The van der Waals surface area contributed by atoms with Crippen molar-refractivity contribution >= 4 is 21.7 Å². The number of carbonyl (C=O) groups excluding carboxylic acids is 1. The van der Waals surface area contributed by atoms with Crippen molar-refractivity contribution in [1.82, 2.24) is 5.32 Å². The molecule has 7 nitrogen and oxygen atoms in total. The summed E-state index contributed by atoms with van der Waals surface area (Å²) >= 11 is 0. The molecule has 0 aliphatic carbocycles. The number of hydrogen-bond donors (Lipinski definition) is 2. The molecule has 8 heteroatoms. The monoisotopic (exact) mass is 343 g/mol. The van der Waals surface area contributed by atoms with E-state index in [4.69, 9.17) is 4.74 Å². The minimum atomic E-state index is -3.37. The van der Waals surface area contributed by atoms with Gasteiger partial charge in [-0.3, -0.25) is 4.79 Å². The molecule has 1 aromatic rings. The summed E-state index contributed by atoms with van der Waals surface area (Å²) in [6.07, 6.45) is 1.96. The van der Waals surface area contributed by atoms with Crippen molar-refractivity contribution in [3.8, 4) is 5.75 Å². The average molecular weight is 343 g/mol. The Morgan fingerprint density at radius 3 is 2.52 bits per heavy atom. The second-order valence-corrected chi connectivity index (χ2v) is 7.49. The molecule has 2 N–H and O–H groups in total. The van der Waals surface area contributed by atoms with Crippen molar-refractivity contribution in [2.75, 3.05) is 12.9 Å². The van der Waals surface area contributed by atoms with E-state index in [1.54, 1.807) is 0 Å². The van der Waals surface area contributed by atoms with Crippen LogP contribution in [0.2, 0.25) is 0 Å². The second kappa shape index (κ2) is 7.45. The van der Waals surface area contributed by atoms with Gasteiger partial charge in [-0.2, -0.15) is 0 Å². The van der Waals surface area contributed by atoms with Crippen LogP contribution in [0.25, 0.3) is 0 Å². The molecule has 0 radical (unpaired) electrons. The van der Waals surface area contributed by atoms with Gasteiger partial charge in [0.1, 0.15) is 11.3 Å². The van der Waals surface area contributed by atoms with Crippen LogP contribution in [0.1, 0.15) is 26.7 Å². The highest BCUT2D eigenvalue weighted by Gasteiger charge is 2.33. The smallest absolute Gasteiger partial charge is 0.329 e. The van der Waals surface area contributed by atoms with Crippen LogP contribution in [0, 0.1) is 0 Å². The summed E-state index contributed by atoms with van der Waals surface area (Å²) in [5, 5.41) is 11.6. The van der Waals surface area contributed by atoms with Crippen molar-refractivity contribution in [2.24, 2.45) is 0 Å². The lowest BCUT2D eigenvalue weighted by molar-refractivity contribution is -0.147. The Bertz CT molecular complexity index is 685. The molecule has 128 valence electrons. The lowest BCUT2D eigenvalue weighted by Crippen LogP contribution is -2.53. The Balaban J connectivity index is 2.72. The molecule has 0 saturated carbocycles. The van der Waals surface area contributed by atoms with Crippen LogP contribution >= 0.6 is 0 Å². The number of aliphatic carboxylic acids is 1. The van der Waals surface area contributed by atoms with Crippen LogP contribution in [0.15, 0.2) is 29.2 Å². The zero-order valence-electron chi connectivity index (χ0n) is 13.3. The van der Waals surface area contributed by atoms with Crippen molar-refractivity contribution in [3.05, 3.63) is 24.3 Å². The third-order valence-electron chi connectivity index (χ3n) is 3.24. The number of sulfone groups is 1. The first-order valence-electron chi connectivity index (χ1n) is 7.06. The number of carbonyl (C=O) groups is 2. The van der Waals surface area contributed by atoms with Gasteiger partial charge in [0, 0.05) is 6.26 Å². The summed E-state index contributed by atoms with van der Waals surface area (Å²) in [5.41, 5.74) is -1.36. The van der Waals surface area contributed by atoms with E-state index in [-0.39, 0.29) is 17.1 Å². The van der Waals surface area contributed by atoms with Crippen LogP contribution in [-0.2, 0) is 19.4 Å². The predicted molar refractivity (Wildman–Crippen MR) is 84.1 cm³/mol. The Morgan fingerprint density at radius 1 is 1.35 bits per heavy atom. The third-order valence-corrected chi connectivity index (χ3v) is 4.35. The van der Waals surface area contributed by atoms with Crippen molar-refractivity contribution in [2.45, 2.75) is 37.1 Å². The van der Waals surface area contributed by atoms with E-state index in [9.17, 15) is 23.1 Å². The molecule has 0 aliphatic rings. The topological polar surface area (TPSA) is 110 Å². The number of carboxylic acids is 1. The molecular weight excluding hydrogens is 322 g/mol. The quantitative estimate of drug-likeness (QED) is 0.734. The first-order chi connectivity index (χ1) is 10.6. The van der Waals surface area contributed by atoms with Crippen LogP contribution < -0.4 is 10.1 Å². The maximum Gasteiger partial charge on any atom is 0.329 e. The fourth-order valence-corrected chi connectivity index (χ4v) is 2.67. The predicted octanol–water partition coefficient (Wildman–Crippen LogP) is 1.23. The van der Waals surface area contributed by atoms with Gasteiger partial charge in [-0.1, -0.05) is 19.4 Å². The summed E-state index contributed by atoms with van der Waals surface area (Å²) in [6, 6.07) is 5.75. The van der Waals surface area contributed by atoms with Crippen molar-refractivity contribution < 1.29 is 27.9 Å². The minimum absolute atomic E-state index is 0.0803. The summed E-state index contributed by atoms with van der Waals surface area (Å²) < 4.78 is 28.2. The number of benzene rings is 1. The van der Waals surface area contributed by atoms with Gasteiger partial charge in [-0.15, -0.1) is 0 Å². The van der Waals surface area contributed by atoms with Crippen molar-refractivity contribution in [3.63, 3.8) is 0 Å². The molecule has 1 rings (SSSR count). The zero-order valence-corrected chi connectivity index (χ0v) is 14.1. The summed E-state index contributed by atoms with van der Waals surface area (Å²) in [5.74, 6) is -1.49. The number of nitrogens with one attached hydrogen (secondary N) is 1. The molecule has 0 fully saturated rings. The van der Waals surface area contributed by atoms with Gasteiger partial charge in [0.05, 0.1) is 4.90 Å². The normalized spacial score (nSPS) is 13.9. The van der Waals surface area contributed by atoms with Crippen LogP contribution in [0.3, 0.4) is 0 Å². The standard InChI is InChI=1S/C15H21NO6S/c1-4-8-15(2,14(18)19)16-13(17)10-22-11-6-5-7-12(9-11)23(3,20)21/h5-7,9H,4,8,10H2,1-3H3,(H,16,17)(H,18,19). The number of ether oxygens (including phenoxy) is 1. The van der Waals surface area contributed by atoms with Gasteiger partial charge in [-0.05, 0) is 31.5 Å². The number of amides is 1. The molecule has 0 aliphatic heterocycles. The van der Waals surface area contributed by atoms with Gasteiger partial charge in [0.25, 0.3) is 5.91 Å². The molecule has 1 aromatic carbocycles. The first-order valence-corrected chi connectivity index (χ1v) is 8.95. The molecule has 0 bridgehead atoms. The Morgan fingerprint density at radius 2 is 2.00 bits per heavy atom. The SMILES string of the molecule is CCCC(C)(NC(=O)COc1cccc(S(C)(=O)=O)c1)C(=O)O. The Hall–Kier alpha value is -2.09. The maximum absolute atomic E-state index is 11.9. The molecule has 0 saturated heterocycles. The summed E-state index contributed by atoms with van der Waals surface area (Å²) in [7, 11) is -3.37. The first kappa shape index (κ1) is 19.0. The van der Waals surface area contributed by atoms with E-state index in [0.29, 0.717) is 6.42 Å². The fraction of sp³-hybridized carbons (Fsp3) is 0.467. The van der Waals surface area contributed by atoms with Crippen LogP contribution in [-0.4, -0.2) is 43.8 Å². The van der Waals surface area contributed by atoms with E-state index in [0.717, 1.165) is 6.26 Å². The third kappa shape index (κ3) is 5.55. The number of hydrogen-bond acceptors (Lipinski definition) is 5. The van der Waals surface area contributed by atoms with Gasteiger partial charge >= 0.3 is 5.97 Å². The van der Waals surface area contributed by atoms with E-state index in [2.05, 4.69) is 5.32 Å². The number of carboxylic acid groups (broad SMARTS) is 1. The average Bonchev–Trinajstić information content (AvgIpc) is 2.44. The molecule has 1 amide bonds. The molecular formula is C15H21NO6S. The van der Waals surface area contributed by atoms with Crippen molar-refractivity contribution in [1.29, 1.82) is 0 Å². The van der Waals surface area contributed by atoms with Gasteiger partial charge < -0.3 is 15.2 Å². The van der Waals surface area contributed by atoms with E-state index in [1.165, 1.54) is 31.2 Å². The molecule has 23 heavy (non-hydrogen) atoms. The molecule has 0 spiro atoms. The van der Waals surface area contributed by atoms with E-state index in [1.807, 2.05) is 6.92 Å². The molecule has 0 heterocycles. The fourth-order valence-electron chi connectivity index (χ4n) is 2.01. The van der Waals surface area contributed by atoms with Gasteiger partial charge in [0.2, 0.25) is 0 Å². The highest BCUT2D eigenvalue weighted by molar-refractivity contribution is 7.90. The summed E-state index contributed by atoms with van der Waals surface area (Å²) in [4.78, 5) is 23.2. The van der Waals surface area contributed by atoms with E-state index < -0.39 is 33.9 Å².